The number of amides is 1. The molecular formula is C18H22N2O2. The number of hydrogen-bond donors (Lipinski definition) is 2. The molecule has 0 saturated carbocycles. The van der Waals surface area contributed by atoms with Crippen molar-refractivity contribution in [2.45, 2.75) is 19.9 Å². The van der Waals surface area contributed by atoms with Crippen molar-refractivity contribution in [1.29, 1.82) is 0 Å². The van der Waals surface area contributed by atoms with Gasteiger partial charge in [-0.05, 0) is 37.1 Å². The van der Waals surface area contributed by atoms with Gasteiger partial charge >= 0.3 is 0 Å². The molecule has 1 amide bonds. The van der Waals surface area contributed by atoms with Crippen molar-refractivity contribution in [1.82, 2.24) is 5.32 Å². The molecule has 1 unspecified atom stereocenters. The second-order valence-electron chi connectivity index (χ2n) is 5.34. The van der Waals surface area contributed by atoms with Gasteiger partial charge in [0.05, 0.1) is 6.54 Å². The maximum atomic E-state index is 12.0. The zero-order valence-electron chi connectivity index (χ0n) is 13.0. The van der Waals surface area contributed by atoms with Crippen LogP contribution in [0.3, 0.4) is 0 Å². The average Bonchev–Trinajstić information content (AvgIpc) is 2.51. The molecule has 0 aliphatic carbocycles. The van der Waals surface area contributed by atoms with E-state index in [9.17, 15) is 4.79 Å². The monoisotopic (exact) mass is 298 g/mol. The largest absolute Gasteiger partial charge is 0.492 e. The average molecular weight is 298 g/mol. The van der Waals surface area contributed by atoms with Gasteiger partial charge in [-0.1, -0.05) is 42.0 Å². The second kappa shape index (κ2) is 7.61. The Morgan fingerprint density at radius 3 is 2.55 bits per heavy atom. The first-order valence-electron chi connectivity index (χ1n) is 7.35. The molecule has 0 saturated heterocycles. The standard InChI is InChI=1S/C18H22N2O2/c1-13-6-8-15(9-7-13)17(19)18(21)20-10-11-22-16-5-3-4-14(2)12-16/h3-9,12,17H,10-11,19H2,1-2H3,(H,20,21). The molecule has 4 heteroatoms. The van der Waals surface area contributed by atoms with Crippen LogP contribution in [0.4, 0.5) is 0 Å². The summed E-state index contributed by atoms with van der Waals surface area (Å²) in [6.45, 7) is 4.84. The van der Waals surface area contributed by atoms with Crippen LogP contribution in [0.15, 0.2) is 48.5 Å². The van der Waals surface area contributed by atoms with E-state index < -0.39 is 6.04 Å². The topological polar surface area (TPSA) is 64.4 Å². The summed E-state index contributed by atoms with van der Waals surface area (Å²) in [6, 6.07) is 14.8. The van der Waals surface area contributed by atoms with Crippen LogP contribution in [0.5, 0.6) is 5.75 Å². The van der Waals surface area contributed by atoms with Crippen molar-refractivity contribution < 1.29 is 9.53 Å². The molecule has 0 spiro atoms. The molecule has 0 radical (unpaired) electrons. The van der Waals surface area contributed by atoms with Gasteiger partial charge in [0.15, 0.2) is 0 Å². The Morgan fingerprint density at radius 1 is 1.14 bits per heavy atom. The first kappa shape index (κ1) is 16.0. The summed E-state index contributed by atoms with van der Waals surface area (Å²) in [4.78, 5) is 12.0. The van der Waals surface area contributed by atoms with Crippen molar-refractivity contribution in [3.05, 3.63) is 65.2 Å². The van der Waals surface area contributed by atoms with Gasteiger partial charge in [-0.25, -0.2) is 0 Å². The van der Waals surface area contributed by atoms with Gasteiger partial charge in [0, 0.05) is 0 Å². The fourth-order valence-electron chi connectivity index (χ4n) is 2.08. The number of carbonyl (C=O) groups excluding carboxylic acids is 1. The molecule has 0 aromatic heterocycles. The molecule has 22 heavy (non-hydrogen) atoms. The molecule has 2 aromatic carbocycles. The minimum atomic E-state index is -0.653. The van der Waals surface area contributed by atoms with E-state index in [2.05, 4.69) is 5.32 Å². The summed E-state index contributed by atoms with van der Waals surface area (Å²) in [6.07, 6.45) is 0. The lowest BCUT2D eigenvalue weighted by Gasteiger charge is -2.13. The Hall–Kier alpha value is -2.33. The van der Waals surface area contributed by atoms with E-state index in [1.54, 1.807) is 0 Å². The fourth-order valence-corrected chi connectivity index (χ4v) is 2.08. The molecule has 2 aromatic rings. The Labute approximate surface area is 131 Å². The maximum Gasteiger partial charge on any atom is 0.241 e. The summed E-state index contributed by atoms with van der Waals surface area (Å²) in [5.41, 5.74) is 9.04. The lowest BCUT2D eigenvalue weighted by atomic mass is 10.1. The van der Waals surface area contributed by atoms with E-state index in [1.807, 2.05) is 62.4 Å². The van der Waals surface area contributed by atoms with Crippen LogP contribution in [0.1, 0.15) is 22.7 Å². The molecule has 4 nitrogen and oxygen atoms in total. The SMILES string of the molecule is Cc1ccc(C(N)C(=O)NCCOc2cccc(C)c2)cc1. The lowest BCUT2D eigenvalue weighted by Crippen LogP contribution is -2.36. The van der Waals surface area contributed by atoms with Crippen LogP contribution < -0.4 is 15.8 Å². The van der Waals surface area contributed by atoms with Gasteiger partial charge in [0.2, 0.25) is 5.91 Å². The van der Waals surface area contributed by atoms with E-state index in [-0.39, 0.29) is 5.91 Å². The summed E-state index contributed by atoms with van der Waals surface area (Å²) in [5, 5.41) is 2.79. The minimum Gasteiger partial charge on any atom is -0.492 e. The van der Waals surface area contributed by atoms with Crippen molar-refractivity contribution >= 4 is 5.91 Å². The summed E-state index contributed by atoms with van der Waals surface area (Å²) in [7, 11) is 0. The summed E-state index contributed by atoms with van der Waals surface area (Å²) < 4.78 is 5.58. The number of nitrogens with two attached hydrogens (primary N) is 1. The van der Waals surface area contributed by atoms with Crippen molar-refractivity contribution in [2.75, 3.05) is 13.2 Å². The number of rotatable bonds is 6. The molecule has 0 bridgehead atoms. The third-order valence-corrected chi connectivity index (χ3v) is 3.38. The third-order valence-electron chi connectivity index (χ3n) is 3.38. The number of nitrogens with one attached hydrogen (secondary N) is 1. The van der Waals surface area contributed by atoms with E-state index in [0.29, 0.717) is 13.2 Å². The molecule has 0 aliphatic heterocycles. The summed E-state index contributed by atoms with van der Waals surface area (Å²) >= 11 is 0. The highest BCUT2D eigenvalue weighted by molar-refractivity contribution is 5.82. The number of hydrogen-bond acceptors (Lipinski definition) is 3. The molecule has 0 aliphatic rings. The highest BCUT2D eigenvalue weighted by Crippen LogP contribution is 2.12. The van der Waals surface area contributed by atoms with Crippen LogP contribution in [0.2, 0.25) is 0 Å². The highest BCUT2D eigenvalue weighted by Gasteiger charge is 2.14. The number of aryl methyl sites for hydroxylation is 2. The van der Waals surface area contributed by atoms with Gasteiger partial charge in [0.25, 0.3) is 0 Å². The Balaban J connectivity index is 1.76. The van der Waals surface area contributed by atoms with Gasteiger partial charge in [0.1, 0.15) is 18.4 Å². The van der Waals surface area contributed by atoms with Crippen LogP contribution in [-0.4, -0.2) is 19.1 Å². The third kappa shape index (κ3) is 4.60. The zero-order chi connectivity index (χ0) is 15.9. The van der Waals surface area contributed by atoms with Crippen molar-refractivity contribution in [2.24, 2.45) is 5.73 Å². The number of carbonyl (C=O) groups is 1. The van der Waals surface area contributed by atoms with Crippen molar-refractivity contribution in [3.8, 4) is 5.75 Å². The molecule has 3 N–H and O–H groups in total. The van der Waals surface area contributed by atoms with Gasteiger partial charge in [-0.2, -0.15) is 0 Å². The molecule has 116 valence electrons. The normalized spacial score (nSPS) is 11.8. The van der Waals surface area contributed by atoms with Gasteiger partial charge in [-0.3, -0.25) is 4.79 Å². The quantitative estimate of drug-likeness (QED) is 0.805. The highest BCUT2D eigenvalue weighted by atomic mass is 16.5. The number of benzene rings is 2. The van der Waals surface area contributed by atoms with Crippen molar-refractivity contribution in [3.63, 3.8) is 0 Å². The molecular weight excluding hydrogens is 276 g/mol. The molecule has 1 atom stereocenters. The van der Waals surface area contributed by atoms with Crippen LogP contribution in [-0.2, 0) is 4.79 Å². The lowest BCUT2D eigenvalue weighted by molar-refractivity contribution is -0.122. The predicted octanol–water partition coefficient (Wildman–Crippen LogP) is 2.50. The van der Waals surface area contributed by atoms with Gasteiger partial charge < -0.3 is 15.8 Å². The Bertz CT molecular complexity index is 623. The smallest absolute Gasteiger partial charge is 0.241 e. The van der Waals surface area contributed by atoms with Gasteiger partial charge in [-0.15, -0.1) is 0 Å². The Morgan fingerprint density at radius 2 is 1.86 bits per heavy atom. The fraction of sp³-hybridized carbons (Fsp3) is 0.278. The predicted molar refractivity (Wildman–Crippen MR) is 87.8 cm³/mol. The first-order chi connectivity index (χ1) is 10.6. The number of ether oxygens (including phenoxy) is 1. The van der Waals surface area contributed by atoms with E-state index in [4.69, 9.17) is 10.5 Å². The maximum absolute atomic E-state index is 12.0. The van der Waals surface area contributed by atoms with Crippen LogP contribution in [0.25, 0.3) is 0 Å². The minimum absolute atomic E-state index is 0.198. The Kier molecular flexibility index (Phi) is 5.55. The van der Waals surface area contributed by atoms with E-state index in [1.165, 1.54) is 0 Å². The molecule has 0 heterocycles. The molecule has 2 rings (SSSR count). The van der Waals surface area contributed by atoms with Crippen LogP contribution >= 0.6 is 0 Å². The molecule has 0 fully saturated rings. The second-order valence-corrected chi connectivity index (χ2v) is 5.34. The van der Waals surface area contributed by atoms with E-state index >= 15 is 0 Å². The van der Waals surface area contributed by atoms with Crippen LogP contribution in [0, 0.1) is 13.8 Å². The zero-order valence-corrected chi connectivity index (χ0v) is 13.0. The first-order valence-corrected chi connectivity index (χ1v) is 7.35. The van der Waals surface area contributed by atoms with E-state index in [0.717, 1.165) is 22.4 Å². The summed E-state index contributed by atoms with van der Waals surface area (Å²) in [5.74, 6) is 0.605.